The van der Waals surface area contributed by atoms with Gasteiger partial charge in [0, 0.05) is 32.6 Å². The maximum atomic E-state index is 12.0. The van der Waals surface area contributed by atoms with Crippen molar-refractivity contribution in [1.82, 2.24) is 5.32 Å². The molecule has 1 saturated heterocycles. The highest BCUT2D eigenvalue weighted by atomic mass is 16.5. The van der Waals surface area contributed by atoms with Crippen molar-refractivity contribution in [2.45, 2.75) is 24.9 Å². The monoisotopic (exact) mass is 309 g/mol. The summed E-state index contributed by atoms with van der Waals surface area (Å²) in [4.78, 5) is 12.0. The van der Waals surface area contributed by atoms with E-state index in [1.165, 1.54) is 0 Å². The quantitative estimate of drug-likeness (QED) is 0.816. The zero-order chi connectivity index (χ0) is 16.0. The maximum absolute atomic E-state index is 12.0. The Morgan fingerprint density at radius 2 is 1.95 bits per heavy atom. The Balaban J connectivity index is 1.89. The fourth-order valence-electron chi connectivity index (χ4n) is 2.43. The molecule has 1 aromatic rings. The van der Waals surface area contributed by atoms with Crippen LogP contribution in [0.3, 0.4) is 0 Å². The Labute approximate surface area is 130 Å². The molecule has 2 rings (SSSR count). The first kappa shape index (κ1) is 16.6. The van der Waals surface area contributed by atoms with Gasteiger partial charge < -0.3 is 24.6 Å². The van der Waals surface area contributed by atoms with Crippen molar-refractivity contribution in [1.29, 1.82) is 0 Å². The van der Waals surface area contributed by atoms with Crippen molar-refractivity contribution in [2.24, 2.45) is 0 Å². The number of benzene rings is 1. The number of aliphatic hydroxyl groups is 1. The first-order chi connectivity index (χ1) is 10.6. The molecule has 0 saturated carbocycles. The molecule has 22 heavy (non-hydrogen) atoms. The minimum absolute atomic E-state index is 0.132. The van der Waals surface area contributed by atoms with E-state index in [1.807, 2.05) is 6.07 Å². The number of methoxy groups -OCH3 is 2. The molecule has 1 fully saturated rings. The van der Waals surface area contributed by atoms with Crippen LogP contribution in [-0.2, 0) is 16.0 Å². The lowest BCUT2D eigenvalue weighted by atomic mass is 9.94. The molecule has 0 aliphatic carbocycles. The van der Waals surface area contributed by atoms with Crippen LogP contribution in [0.2, 0.25) is 0 Å². The molecule has 6 heteroatoms. The molecule has 1 heterocycles. The van der Waals surface area contributed by atoms with Gasteiger partial charge in [0.2, 0.25) is 5.91 Å². The Kier molecular flexibility index (Phi) is 5.63. The SMILES string of the molecule is COc1ccc(CC(=O)NCC2(O)CCOCC2)cc1OC. The summed E-state index contributed by atoms with van der Waals surface area (Å²) in [5, 5.41) is 13.1. The predicted octanol–water partition coefficient (Wildman–Crippen LogP) is 0.904. The van der Waals surface area contributed by atoms with Crippen LogP contribution in [0.1, 0.15) is 18.4 Å². The minimum Gasteiger partial charge on any atom is -0.493 e. The molecular formula is C16H23NO5. The Hall–Kier alpha value is -1.79. The molecule has 6 nitrogen and oxygen atoms in total. The highest BCUT2D eigenvalue weighted by Crippen LogP contribution is 2.27. The molecule has 2 N–H and O–H groups in total. The molecule has 0 radical (unpaired) electrons. The molecule has 1 aliphatic heterocycles. The number of hydrogen-bond acceptors (Lipinski definition) is 5. The topological polar surface area (TPSA) is 77.0 Å². The third-order valence-corrected chi connectivity index (χ3v) is 3.85. The van der Waals surface area contributed by atoms with E-state index in [0.717, 1.165) is 5.56 Å². The van der Waals surface area contributed by atoms with Crippen molar-refractivity contribution in [3.8, 4) is 11.5 Å². The van der Waals surface area contributed by atoms with Gasteiger partial charge in [0.1, 0.15) is 0 Å². The molecular weight excluding hydrogens is 286 g/mol. The minimum atomic E-state index is -0.856. The molecule has 1 amide bonds. The molecule has 1 aromatic carbocycles. The summed E-state index contributed by atoms with van der Waals surface area (Å²) in [6.07, 6.45) is 1.32. The normalized spacial score (nSPS) is 16.9. The first-order valence-corrected chi connectivity index (χ1v) is 7.34. The summed E-state index contributed by atoms with van der Waals surface area (Å²) in [6, 6.07) is 5.37. The Morgan fingerprint density at radius 1 is 1.27 bits per heavy atom. The average molecular weight is 309 g/mol. The van der Waals surface area contributed by atoms with Crippen molar-refractivity contribution >= 4 is 5.91 Å². The van der Waals surface area contributed by atoms with Crippen molar-refractivity contribution in [3.05, 3.63) is 23.8 Å². The molecule has 0 spiro atoms. The van der Waals surface area contributed by atoms with E-state index in [4.69, 9.17) is 14.2 Å². The number of nitrogens with one attached hydrogen (secondary N) is 1. The second kappa shape index (κ2) is 7.47. The summed E-state index contributed by atoms with van der Waals surface area (Å²) < 4.78 is 15.6. The van der Waals surface area contributed by atoms with E-state index in [-0.39, 0.29) is 18.9 Å². The van der Waals surface area contributed by atoms with E-state index >= 15 is 0 Å². The lowest BCUT2D eigenvalue weighted by Crippen LogP contribution is -2.46. The molecule has 0 atom stereocenters. The summed E-state index contributed by atoms with van der Waals surface area (Å²) in [5.41, 5.74) is -0.0278. The van der Waals surface area contributed by atoms with Crippen molar-refractivity contribution in [3.63, 3.8) is 0 Å². The van der Waals surface area contributed by atoms with E-state index in [1.54, 1.807) is 26.4 Å². The van der Waals surface area contributed by atoms with Crippen LogP contribution in [0, 0.1) is 0 Å². The third kappa shape index (κ3) is 4.35. The average Bonchev–Trinajstić information content (AvgIpc) is 2.53. The summed E-state index contributed by atoms with van der Waals surface area (Å²) in [7, 11) is 3.13. The van der Waals surface area contributed by atoms with E-state index < -0.39 is 5.60 Å². The maximum Gasteiger partial charge on any atom is 0.224 e. The number of ether oxygens (including phenoxy) is 3. The summed E-state index contributed by atoms with van der Waals surface area (Å²) >= 11 is 0. The summed E-state index contributed by atoms with van der Waals surface area (Å²) in [5.74, 6) is 1.09. The van der Waals surface area contributed by atoms with Crippen LogP contribution >= 0.6 is 0 Å². The van der Waals surface area contributed by atoms with Crippen molar-refractivity contribution < 1.29 is 24.1 Å². The smallest absolute Gasteiger partial charge is 0.224 e. The van der Waals surface area contributed by atoms with Gasteiger partial charge in [-0.05, 0) is 17.7 Å². The van der Waals surface area contributed by atoms with Gasteiger partial charge in [-0.2, -0.15) is 0 Å². The van der Waals surface area contributed by atoms with Gasteiger partial charge in [-0.15, -0.1) is 0 Å². The number of carbonyl (C=O) groups excluding carboxylic acids is 1. The molecule has 1 aliphatic rings. The standard InChI is InChI=1S/C16H23NO5/c1-20-13-4-3-12(9-14(13)21-2)10-15(18)17-11-16(19)5-7-22-8-6-16/h3-4,9,19H,5-8,10-11H2,1-2H3,(H,17,18). The van der Waals surface area contributed by atoms with Gasteiger partial charge >= 0.3 is 0 Å². The van der Waals surface area contributed by atoms with E-state index in [9.17, 15) is 9.90 Å². The van der Waals surface area contributed by atoms with E-state index in [0.29, 0.717) is 37.6 Å². The highest BCUT2D eigenvalue weighted by molar-refractivity contribution is 5.78. The number of amides is 1. The molecule has 122 valence electrons. The van der Waals surface area contributed by atoms with Gasteiger partial charge in [0.25, 0.3) is 0 Å². The Bertz CT molecular complexity index is 511. The highest BCUT2D eigenvalue weighted by Gasteiger charge is 2.30. The van der Waals surface area contributed by atoms with Gasteiger partial charge in [0.05, 0.1) is 26.2 Å². The summed E-state index contributed by atoms with van der Waals surface area (Å²) in [6.45, 7) is 1.31. The zero-order valence-corrected chi connectivity index (χ0v) is 13.1. The van der Waals surface area contributed by atoms with E-state index in [2.05, 4.69) is 5.32 Å². The van der Waals surface area contributed by atoms with Gasteiger partial charge in [-0.1, -0.05) is 6.07 Å². The van der Waals surface area contributed by atoms with Gasteiger partial charge in [-0.3, -0.25) is 4.79 Å². The second-order valence-electron chi connectivity index (χ2n) is 5.48. The third-order valence-electron chi connectivity index (χ3n) is 3.85. The number of carbonyl (C=O) groups is 1. The van der Waals surface area contributed by atoms with Gasteiger partial charge in [0.15, 0.2) is 11.5 Å². The van der Waals surface area contributed by atoms with Crippen LogP contribution in [0.15, 0.2) is 18.2 Å². The van der Waals surface area contributed by atoms with Gasteiger partial charge in [-0.25, -0.2) is 0 Å². The predicted molar refractivity (Wildman–Crippen MR) is 81.3 cm³/mol. The first-order valence-electron chi connectivity index (χ1n) is 7.34. The molecule has 0 unspecified atom stereocenters. The number of hydrogen-bond donors (Lipinski definition) is 2. The lowest BCUT2D eigenvalue weighted by molar-refractivity contribution is -0.123. The van der Waals surface area contributed by atoms with Crippen LogP contribution in [0.25, 0.3) is 0 Å². The molecule has 0 bridgehead atoms. The largest absolute Gasteiger partial charge is 0.493 e. The van der Waals surface area contributed by atoms with Crippen LogP contribution in [0.5, 0.6) is 11.5 Å². The number of rotatable bonds is 6. The van der Waals surface area contributed by atoms with Crippen LogP contribution in [0.4, 0.5) is 0 Å². The van der Waals surface area contributed by atoms with Crippen LogP contribution in [-0.4, -0.2) is 50.6 Å². The fourth-order valence-corrected chi connectivity index (χ4v) is 2.43. The van der Waals surface area contributed by atoms with Crippen LogP contribution < -0.4 is 14.8 Å². The lowest BCUT2D eigenvalue weighted by Gasteiger charge is -2.32. The van der Waals surface area contributed by atoms with Crippen molar-refractivity contribution in [2.75, 3.05) is 34.0 Å². The second-order valence-corrected chi connectivity index (χ2v) is 5.48. The molecule has 0 aromatic heterocycles. The zero-order valence-electron chi connectivity index (χ0n) is 13.1. The Morgan fingerprint density at radius 3 is 2.59 bits per heavy atom. The fraction of sp³-hybridized carbons (Fsp3) is 0.562.